The molecule has 1 saturated heterocycles. The zero-order chi connectivity index (χ0) is 20.8. The fraction of sp³-hybridized carbons (Fsp3) is 0.524. The van der Waals surface area contributed by atoms with E-state index in [1.807, 2.05) is 23.1 Å². The molecular weight excluding hydrogens is 386 g/mol. The van der Waals surface area contributed by atoms with Crippen LogP contribution in [0.1, 0.15) is 38.6 Å². The van der Waals surface area contributed by atoms with Gasteiger partial charge >= 0.3 is 0 Å². The molecule has 0 N–H and O–H groups in total. The lowest BCUT2D eigenvalue weighted by Gasteiger charge is -2.35. The second-order valence-electron chi connectivity index (χ2n) is 7.58. The topological polar surface area (TPSA) is 69.6 Å². The Labute approximate surface area is 176 Å². The van der Waals surface area contributed by atoms with Crippen molar-refractivity contribution in [3.05, 3.63) is 41.7 Å². The van der Waals surface area contributed by atoms with Gasteiger partial charge in [-0.15, -0.1) is 0 Å². The van der Waals surface area contributed by atoms with Gasteiger partial charge in [-0.2, -0.15) is 4.37 Å². The van der Waals surface area contributed by atoms with Crippen molar-refractivity contribution in [2.24, 2.45) is 0 Å². The summed E-state index contributed by atoms with van der Waals surface area (Å²) in [5.41, 5.74) is 1.19. The van der Waals surface area contributed by atoms with Crippen LogP contribution in [0.4, 0.5) is 5.13 Å². The van der Waals surface area contributed by atoms with E-state index in [0.29, 0.717) is 45.6 Å². The van der Waals surface area contributed by atoms with E-state index in [2.05, 4.69) is 35.3 Å². The van der Waals surface area contributed by atoms with Gasteiger partial charge in [-0.05, 0) is 19.4 Å². The molecule has 0 saturated carbocycles. The molecule has 1 aromatic heterocycles. The summed E-state index contributed by atoms with van der Waals surface area (Å²) in [4.78, 5) is 34.6. The second kappa shape index (κ2) is 9.82. The Balaban J connectivity index is 1.55. The lowest BCUT2D eigenvalue weighted by molar-refractivity contribution is -0.138. The molecule has 1 aliphatic heterocycles. The minimum Gasteiger partial charge on any atom is -0.344 e. The van der Waals surface area contributed by atoms with Crippen molar-refractivity contribution >= 4 is 28.5 Å². The van der Waals surface area contributed by atoms with Crippen molar-refractivity contribution < 1.29 is 9.59 Å². The number of nitrogens with zero attached hydrogens (tertiary/aromatic N) is 5. The van der Waals surface area contributed by atoms with E-state index in [-0.39, 0.29) is 17.9 Å². The van der Waals surface area contributed by atoms with Crippen LogP contribution in [0, 0.1) is 0 Å². The van der Waals surface area contributed by atoms with Crippen molar-refractivity contribution in [1.82, 2.24) is 19.2 Å². The molecule has 1 fully saturated rings. The first-order valence-corrected chi connectivity index (χ1v) is 10.9. The molecule has 2 aromatic rings. The number of hydrogen-bond donors (Lipinski definition) is 0. The van der Waals surface area contributed by atoms with Crippen LogP contribution in [0.25, 0.3) is 0 Å². The second-order valence-corrected chi connectivity index (χ2v) is 8.31. The van der Waals surface area contributed by atoms with E-state index < -0.39 is 0 Å². The van der Waals surface area contributed by atoms with Crippen LogP contribution < -0.4 is 4.90 Å². The van der Waals surface area contributed by atoms with Crippen molar-refractivity contribution in [1.29, 1.82) is 0 Å². The molecule has 3 rings (SSSR count). The Morgan fingerprint density at radius 1 is 1.10 bits per heavy atom. The standard InChI is InChI=1S/C21H29N5O2S/c1-16(2)26(10-9-20(28)25-13-11-24(12-14-25)17(3)27)21-22-19(23-29-21)15-18-7-5-4-6-8-18/h4-8,16H,9-15H2,1-3H3. The summed E-state index contributed by atoms with van der Waals surface area (Å²) in [5, 5.41) is 0.861. The van der Waals surface area contributed by atoms with E-state index in [1.54, 1.807) is 11.8 Å². The molecule has 0 radical (unpaired) electrons. The van der Waals surface area contributed by atoms with Crippen LogP contribution in [0.2, 0.25) is 0 Å². The van der Waals surface area contributed by atoms with Gasteiger partial charge in [-0.1, -0.05) is 30.3 Å². The van der Waals surface area contributed by atoms with E-state index >= 15 is 0 Å². The van der Waals surface area contributed by atoms with Gasteiger partial charge in [0.25, 0.3) is 0 Å². The SMILES string of the molecule is CC(=O)N1CCN(C(=O)CCN(c2nc(Cc3ccccc3)ns2)C(C)C)CC1. The Kier molecular flexibility index (Phi) is 7.19. The number of carbonyl (C=O) groups excluding carboxylic acids is 2. The van der Waals surface area contributed by atoms with Crippen LogP contribution >= 0.6 is 11.5 Å². The minimum atomic E-state index is 0.0747. The lowest BCUT2D eigenvalue weighted by atomic mass is 10.1. The highest BCUT2D eigenvalue weighted by atomic mass is 32.1. The molecule has 8 heteroatoms. The zero-order valence-corrected chi connectivity index (χ0v) is 18.2. The third-order valence-corrected chi connectivity index (χ3v) is 5.97. The highest BCUT2D eigenvalue weighted by Crippen LogP contribution is 2.22. The summed E-state index contributed by atoms with van der Waals surface area (Å²) >= 11 is 1.39. The fourth-order valence-electron chi connectivity index (χ4n) is 3.43. The molecule has 0 atom stereocenters. The van der Waals surface area contributed by atoms with Crippen LogP contribution in [0.3, 0.4) is 0 Å². The number of benzene rings is 1. The first-order chi connectivity index (χ1) is 13.9. The van der Waals surface area contributed by atoms with E-state index in [4.69, 9.17) is 4.98 Å². The summed E-state index contributed by atoms with van der Waals surface area (Å²) in [5.74, 6) is 1.02. The largest absolute Gasteiger partial charge is 0.344 e. The molecule has 2 heterocycles. The predicted molar refractivity (Wildman–Crippen MR) is 115 cm³/mol. The summed E-state index contributed by atoms with van der Waals surface area (Å²) in [6, 6.07) is 10.4. The van der Waals surface area contributed by atoms with Gasteiger partial charge in [0.15, 0.2) is 0 Å². The fourth-order valence-corrected chi connectivity index (χ4v) is 4.28. The number of rotatable bonds is 7. The smallest absolute Gasteiger partial charge is 0.224 e. The molecule has 2 amide bonds. The van der Waals surface area contributed by atoms with Crippen molar-refractivity contribution in [3.63, 3.8) is 0 Å². The Morgan fingerprint density at radius 3 is 2.38 bits per heavy atom. The minimum absolute atomic E-state index is 0.0747. The van der Waals surface area contributed by atoms with Gasteiger partial charge in [0.05, 0.1) is 0 Å². The highest BCUT2D eigenvalue weighted by molar-refractivity contribution is 7.09. The van der Waals surface area contributed by atoms with Crippen LogP contribution in [-0.2, 0) is 16.0 Å². The maximum Gasteiger partial charge on any atom is 0.224 e. The molecule has 0 spiro atoms. The Hall–Kier alpha value is -2.48. The van der Waals surface area contributed by atoms with Crippen molar-refractivity contribution in [2.75, 3.05) is 37.6 Å². The number of anilines is 1. The molecule has 1 aromatic carbocycles. The summed E-state index contributed by atoms with van der Waals surface area (Å²) in [6.45, 7) is 8.86. The first kappa shape index (κ1) is 21.2. The predicted octanol–water partition coefficient (Wildman–Crippen LogP) is 2.42. The highest BCUT2D eigenvalue weighted by Gasteiger charge is 2.24. The summed E-state index contributed by atoms with van der Waals surface area (Å²) < 4.78 is 4.51. The van der Waals surface area contributed by atoms with Gasteiger partial charge in [0.2, 0.25) is 16.9 Å². The maximum absolute atomic E-state index is 12.6. The van der Waals surface area contributed by atoms with Gasteiger partial charge in [0, 0.05) is 70.1 Å². The molecule has 0 unspecified atom stereocenters. The maximum atomic E-state index is 12.6. The Bertz CT molecular complexity index is 815. The number of amides is 2. The summed E-state index contributed by atoms with van der Waals surface area (Å²) in [6.07, 6.45) is 1.15. The average molecular weight is 416 g/mol. The van der Waals surface area contributed by atoms with Gasteiger partial charge < -0.3 is 14.7 Å². The lowest BCUT2D eigenvalue weighted by Crippen LogP contribution is -2.50. The van der Waals surface area contributed by atoms with Crippen LogP contribution in [-0.4, -0.2) is 69.7 Å². The van der Waals surface area contributed by atoms with Gasteiger partial charge in [0.1, 0.15) is 5.82 Å². The Morgan fingerprint density at radius 2 is 1.76 bits per heavy atom. The third-order valence-electron chi connectivity index (χ3n) is 5.18. The van der Waals surface area contributed by atoms with E-state index in [1.165, 1.54) is 17.1 Å². The quantitative estimate of drug-likeness (QED) is 0.695. The van der Waals surface area contributed by atoms with E-state index in [9.17, 15) is 9.59 Å². The van der Waals surface area contributed by atoms with Gasteiger partial charge in [-0.3, -0.25) is 9.59 Å². The molecule has 7 nitrogen and oxygen atoms in total. The molecule has 0 bridgehead atoms. The summed E-state index contributed by atoms with van der Waals surface area (Å²) in [7, 11) is 0. The molecule has 1 aliphatic rings. The third kappa shape index (κ3) is 5.76. The van der Waals surface area contributed by atoms with Gasteiger partial charge in [-0.25, -0.2) is 4.98 Å². The molecule has 0 aliphatic carbocycles. The monoisotopic (exact) mass is 415 g/mol. The number of piperazine rings is 1. The zero-order valence-electron chi connectivity index (χ0n) is 17.4. The van der Waals surface area contributed by atoms with E-state index in [0.717, 1.165) is 11.0 Å². The van der Waals surface area contributed by atoms with Crippen molar-refractivity contribution in [2.45, 2.75) is 39.7 Å². The molecule has 156 valence electrons. The number of aromatic nitrogens is 2. The number of hydrogen-bond acceptors (Lipinski definition) is 6. The number of carbonyl (C=O) groups is 2. The van der Waals surface area contributed by atoms with Crippen molar-refractivity contribution in [3.8, 4) is 0 Å². The molecular formula is C21H29N5O2S. The molecule has 29 heavy (non-hydrogen) atoms. The average Bonchev–Trinajstić information content (AvgIpc) is 3.16. The normalized spacial score (nSPS) is 14.3. The van der Waals surface area contributed by atoms with Crippen LogP contribution in [0.5, 0.6) is 0 Å². The first-order valence-electron chi connectivity index (χ1n) is 10.1. The van der Waals surface area contributed by atoms with Crippen LogP contribution in [0.15, 0.2) is 30.3 Å².